The van der Waals surface area contributed by atoms with Crippen molar-refractivity contribution in [2.24, 2.45) is 0 Å². The second-order valence-electron chi connectivity index (χ2n) is 7.42. The van der Waals surface area contributed by atoms with Crippen molar-refractivity contribution in [1.82, 2.24) is 10.4 Å². The van der Waals surface area contributed by atoms with Crippen LogP contribution in [0.3, 0.4) is 0 Å². The van der Waals surface area contributed by atoms with E-state index in [9.17, 15) is 18.0 Å². The first kappa shape index (κ1) is 17.7. The van der Waals surface area contributed by atoms with Crippen LogP contribution in [0.15, 0.2) is 36.4 Å². The van der Waals surface area contributed by atoms with Gasteiger partial charge in [-0.15, -0.1) is 0 Å². The molecule has 1 aliphatic rings. The van der Waals surface area contributed by atoms with Gasteiger partial charge in [0.25, 0.3) is 0 Å². The number of halogens is 3. The highest BCUT2D eigenvalue weighted by molar-refractivity contribution is 5.88. The fourth-order valence-electron chi connectivity index (χ4n) is 3.43. The molecule has 1 N–H and O–H groups in total. The Bertz CT molecular complexity index is 808. The number of carbonyl (C=O) groups is 1. The van der Waals surface area contributed by atoms with Gasteiger partial charge < -0.3 is 0 Å². The summed E-state index contributed by atoms with van der Waals surface area (Å²) >= 11 is 0. The monoisotopic (exact) mass is 350 g/mol. The highest BCUT2D eigenvalue weighted by Gasteiger charge is 2.49. The van der Waals surface area contributed by atoms with E-state index in [1.807, 2.05) is 32.9 Å². The van der Waals surface area contributed by atoms with Gasteiger partial charge in [-0.2, -0.15) is 13.2 Å². The average Bonchev–Trinajstić information content (AvgIpc) is 2.91. The summed E-state index contributed by atoms with van der Waals surface area (Å²) in [6, 6.07) is 8.83. The maximum absolute atomic E-state index is 14.1. The zero-order valence-electron chi connectivity index (χ0n) is 14.4. The Hall–Kier alpha value is -2.08. The largest absolute Gasteiger partial charge is 0.409 e. The second kappa shape index (κ2) is 6.02. The molecule has 0 aliphatic carbocycles. The van der Waals surface area contributed by atoms with Crippen LogP contribution in [0.2, 0.25) is 0 Å². The first-order valence-electron chi connectivity index (χ1n) is 8.24. The molecule has 25 heavy (non-hydrogen) atoms. The van der Waals surface area contributed by atoms with E-state index in [0.717, 1.165) is 10.4 Å². The summed E-state index contributed by atoms with van der Waals surface area (Å²) < 4.78 is 42.3. The zero-order chi connectivity index (χ0) is 18.4. The van der Waals surface area contributed by atoms with Crippen molar-refractivity contribution in [3.8, 4) is 0 Å². The van der Waals surface area contributed by atoms with E-state index >= 15 is 0 Å². The number of hydrogen-bond acceptors (Lipinski definition) is 2. The SMILES string of the molecule is CC(C)(C)c1ccc2ccccc2c1[C@H](N1CCC(=O)N1)C(F)(F)F. The number of benzene rings is 2. The number of amides is 1. The van der Waals surface area contributed by atoms with Gasteiger partial charge in [0.05, 0.1) is 0 Å². The zero-order valence-corrected chi connectivity index (χ0v) is 14.4. The fourth-order valence-corrected chi connectivity index (χ4v) is 3.43. The third-order valence-electron chi connectivity index (χ3n) is 4.52. The third kappa shape index (κ3) is 3.35. The molecule has 1 fully saturated rings. The number of nitrogens with zero attached hydrogens (tertiary/aromatic N) is 1. The fraction of sp³-hybridized carbons (Fsp3) is 0.421. The topological polar surface area (TPSA) is 32.3 Å². The van der Waals surface area contributed by atoms with E-state index in [4.69, 9.17) is 0 Å². The van der Waals surface area contributed by atoms with E-state index < -0.39 is 17.6 Å². The van der Waals surface area contributed by atoms with Gasteiger partial charge in [-0.1, -0.05) is 57.2 Å². The molecule has 0 bridgehead atoms. The molecular weight excluding hydrogens is 329 g/mol. The van der Waals surface area contributed by atoms with Crippen molar-refractivity contribution in [2.75, 3.05) is 6.54 Å². The molecule has 3 rings (SSSR count). The number of carbonyl (C=O) groups excluding carboxylic acids is 1. The Morgan fingerprint density at radius 3 is 2.32 bits per heavy atom. The van der Waals surface area contributed by atoms with E-state index in [1.165, 1.54) is 0 Å². The quantitative estimate of drug-likeness (QED) is 0.866. The van der Waals surface area contributed by atoms with Crippen LogP contribution in [-0.2, 0) is 10.2 Å². The molecular formula is C19H21F3N2O. The summed E-state index contributed by atoms with van der Waals surface area (Å²) in [6.45, 7) is 5.74. The minimum Gasteiger partial charge on any atom is -0.288 e. The first-order chi connectivity index (χ1) is 11.6. The molecule has 1 saturated heterocycles. The standard InChI is InChI=1S/C19H21F3N2O/c1-18(2,3)14-9-8-12-6-4-5-7-13(12)16(14)17(19(20,21)22)24-11-10-15(25)23-24/h4-9,17H,10-11H2,1-3H3,(H,23,25)/t17-/m0/s1. The lowest BCUT2D eigenvalue weighted by Crippen LogP contribution is -2.44. The predicted molar refractivity (Wildman–Crippen MR) is 90.9 cm³/mol. The molecule has 1 heterocycles. The molecule has 2 aromatic carbocycles. The van der Waals surface area contributed by atoms with Gasteiger partial charge in [0.1, 0.15) is 0 Å². The summed E-state index contributed by atoms with van der Waals surface area (Å²) in [5, 5.41) is 2.35. The summed E-state index contributed by atoms with van der Waals surface area (Å²) in [5.41, 5.74) is 2.77. The molecule has 6 heteroatoms. The number of nitrogens with one attached hydrogen (secondary N) is 1. The molecule has 3 nitrogen and oxygen atoms in total. The normalized spacial score (nSPS) is 17.8. The lowest BCUT2D eigenvalue weighted by molar-refractivity contribution is -0.190. The van der Waals surface area contributed by atoms with Crippen LogP contribution in [0.25, 0.3) is 10.8 Å². The Labute approximate surface area is 144 Å². The molecule has 1 amide bonds. The maximum Gasteiger partial charge on any atom is 0.409 e. The molecule has 0 unspecified atom stereocenters. The minimum absolute atomic E-state index is 0.0375. The van der Waals surface area contributed by atoms with Crippen LogP contribution < -0.4 is 5.43 Å². The smallest absolute Gasteiger partial charge is 0.288 e. The highest BCUT2D eigenvalue weighted by atomic mass is 19.4. The van der Waals surface area contributed by atoms with E-state index in [2.05, 4.69) is 5.43 Å². The van der Waals surface area contributed by atoms with Gasteiger partial charge in [-0.25, -0.2) is 5.01 Å². The van der Waals surface area contributed by atoms with Gasteiger partial charge >= 0.3 is 6.18 Å². The van der Waals surface area contributed by atoms with Gasteiger partial charge in [0.15, 0.2) is 6.04 Å². The van der Waals surface area contributed by atoms with E-state index in [-0.39, 0.29) is 24.4 Å². The van der Waals surface area contributed by atoms with Gasteiger partial charge in [0.2, 0.25) is 5.91 Å². The van der Waals surface area contributed by atoms with Crippen LogP contribution in [0.4, 0.5) is 13.2 Å². The summed E-state index contributed by atoms with van der Waals surface area (Å²) in [6.07, 6.45) is -4.44. The maximum atomic E-state index is 14.1. The Kier molecular flexibility index (Phi) is 4.27. The third-order valence-corrected chi connectivity index (χ3v) is 4.52. The van der Waals surface area contributed by atoms with Crippen LogP contribution >= 0.6 is 0 Å². The van der Waals surface area contributed by atoms with Crippen molar-refractivity contribution in [3.63, 3.8) is 0 Å². The summed E-state index contributed by atoms with van der Waals surface area (Å²) in [4.78, 5) is 11.5. The minimum atomic E-state index is -4.51. The lowest BCUT2D eigenvalue weighted by atomic mass is 9.79. The lowest BCUT2D eigenvalue weighted by Gasteiger charge is -2.34. The number of alkyl halides is 3. The van der Waals surface area contributed by atoms with E-state index in [0.29, 0.717) is 10.9 Å². The van der Waals surface area contributed by atoms with Crippen LogP contribution in [0.5, 0.6) is 0 Å². The molecule has 2 aromatic rings. The molecule has 0 aromatic heterocycles. The number of rotatable bonds is 2. The van der Waals surface area contributed by atoms with Gasteiger partial charge in [-0.05, 0) is 27.3 Å². The van der Waals surface area contributed by atoms with Crippen LogP contribution in [0, 0.1) is 0 Å². The molecule has 0 radical (unpaired) electrons. The molecule has 0 spiro atoms. The average molecular weight is 350 g/mol. The van der Waals surface area contributed by atoms with E-state index in [1.54, 1.807) is 24.3 Å². The van der Waals surface area contributed by atoms with Gasteiger partial charge in [0, 0.05) is 13.0 Å². The van der Waals surface area contributed by atoms with Crippen molar-refractivity contribution in [2.45, 2.75) is 44.8 Å². The molecule has 0 saturated carbocycles. The molecule has 1 aliphatic heterocycles. The summed E-state index contributed by atoms with van der Waals surface area (Å²) in [7, 11) is 0. The molecule has 134 valence electrons. The Morgan fingerprint density at radius 1 is 1.08 bits per heavy atom. The first-order valence-corrected chi connectivity index (χ1v) is 8.24. The number of hydrazine groups is 1. The van der Waals surface area contributed by atoms with Crippen LogP contribution in [0.1, 0.15) is 44.4 Å². The second-order valence-corrected chi connectivity index (χ2v) is 7.42. The number of fused-ring (bicyclic) bond motifs is 1. The van der Waals surface area contributed by atoms with Crippen molar-refractivity contribution in [1.29, 1.82) is 0 Å². The van der Waals surface area contributed by atoms with Gasteiger partial charge in [-0.3, -0.25) is 10.2 Å². The Balaban J connectivity index is 2.30. The highest BCUT2D eigenvalue weighted by Crippen LogP contribution is 2.45. The van der Waals surface area contributed by atoms with Crippen molar-refractivity contribution in [3.05, 3.63) is 47.5 Å². The summed E-state index contributed by atoms with van der Waals surface area (Å²) in [5.74, 6) is -0.383. The molecule has 1 atom stereocenters. The van der Waals surface area contributed by atoms with Crippen molar-refractivity contribution < 1.29 is 18.0 Å². The predicted octanol–water partition coefficient (Wildman–Crippen LogP) is 4.48. The Morgan fingerprint density at radius 2 is 1.76 bits per heavy atom. The van der Waals surface area contributed by atoms with Crippen LogP contribution in [-0.4, -0.2) is 23.6 Å². The number of hydrogen-bond donors (Lipinski definition) is 1. The van der Waals surface area contributed by atoms with Crippen molar-refractivity contribution >= 4 is 16.7 Å².